The second-order valence-electron chi connectivity index (χ2n) is 8.90. The molecule has 3 heterocycles. The molecule has 1 saturated heterocycles. The molecule has 0 saturated carbocycles. The summed E-state index contributed by atoms with van der Waals surface area (Å²) in [5.41, 5.74) is 5.23. The summed E-state index contributed by atoms with van der Waals surface area (Å²) in [6, 6.07) is 10.6. The number of nitrogens with zero attached hydrogens (tertiary/aromatic N) is 3. The van der Waals surface area contributed by atoms with E-state index in [0.29, 0.717) is 5.92 Å². The molecule has 154 valence electrons. The molecule has 2 aromatic rings. The molecule has 2 aliphatic heterocycles. The van der Waals surface area contributed by atoms with Crippen LogP contribution in [0.25, 0.3) is 0 Å². The molecule has 0 spiro atoms. The number of likely N-dealkylation sites (tertiary alicyclic amines) is 1. The normalized spacial score (nSPS) is 22.8. The van der Waals surface area contributed by atoms with Crippen LogP contribution in [0.3, 0.4) is 0 Å². The first-order valence-corrected chi connectivity index (χ1v) is 11.3. The summed E-state index contributed by atoms with van der Waals surface area (Å²) in [6.07, 6.45) is 7.90. The maximum Gasteiger partial charge on any atom is 0.267 e. The largest absolute Gasteiger partial charge is 0.372 e. The number of aromatic nitrogens is 2. The minimum atomic E-state index is 0.0836. The zero-order valence-electron chi connectivity index (χ0n) is 17.2. The van der Waals surface area contributed by atoms with Gasteiger partial charge in [-0.05, 0) is 80.6 Å². The Morgan fingerprint density at radius 3 is 2.72 bits per heavy atom. The van der Waals surface area contributed by atoms with Crippen LogP contribution in [0.5, 0.6) is 0 Å². The molecule has 1 aromatic carbocycles. The van der Waals surface area contributed by atoms with Gasteiger partial charge in [0.05, 0.1) is 18.4 Å². The first-order valence-electron chi connectivity index (χ1n) is 11.3. The van der Waals surface area contributed by atoms with Gasteiger partial charge >= 0.3 is 0 Å². The van der Waals surface area contributed by atoms with E-state index in [1.807, 2.05) is 6.07 Å². The van der Waals surface area contributed by atoms with Crippen molar-refractivity contribution in [3.63, 3.8) is 0 Å². The van der Waals surface area contributed by atoms with E-state index in [2.05, 4.69) is 29.2 Å². The van der Waals surface area contributed by atoms with E-state index in [4.69, 9.17) is 9.84 Å². The van der Waals surface area contributed by atoms with Crippen molar-refractivity contribution >= 4 is 0 Å². The van der Waals surface area contributed by atoms with Gasteiger partial charge < -0.3 is 9.64 Å². The zero-order valence-corrected chi connectivity index (χ0v) is 17.2. The van der Waals surface area contributed by atoms with E-state index in [-0.39, 0.29) is 11.7 Å². The predicted octanol–water partition coefficient (Wildman–Crippen LogP) is 3.15. The number of piperidine rings is 1. The van der Waals surface area contributed by atoms with Crippen molar-refractivity contribution in [2.45, 2.75) is 57.6 Å². The fourth-order valence-electron chi connectivity index (χ4n) is 5.19. The van der Waals surface area contributed by atoms with Crippen LogP contribution in [0.4, 0.5) is 0 Å². The molecule has 1 aromatic heterocycles. The lowest BCUT2D eigenvalue weighted by atomic mass is 9.94. The van der Waals surface area contributed by atoms with Crippen LogP contribution in [-0.2, 0) is 30.5 Å². The van der Waals surface area contributed by atoms with Gasteiger partial charge in [-0.3, -0.25) is 4.79 Å². The Balaban J connectivity index is 1.18. The fraction of sp³-hybridized carbons (Fsp3) is 0.583. The van der Waals surface area contributed by atoms with Crippen LogP contribution >= 0.6 is 0 Å². The number of hydrogen-bond donors (Lipinski definition) is 0. The van der Waals surface area contributed by atoms with Crippen LogP contribution in [0.15, 0.2) is 35.1 Å². The number of benzene rings is 1. The highest BCUT2D eigenvalue weighted by Crippen LogP contribution is 2.29. The number of hydrogen-bond acceptors (Lipinski definition) is 4. The van der Waals surface area contributed by atoms with Gasteiger partial charge in [0.25, 0.3) is 5.56 Å². The van der Waals surface area contributed by atoms with Crippen molar-refractivity contribution in [3.8, 4) is 0 Å². The number of fused-ring (bicyclic) bond motifs is 2. The minimum Gasteiger partial charge on any atom is -0.372 e. The maximum absolute atomic E-state index is 12.5. The Bertz CT molecular complexity index is 915. The maximum atomic E-state index is 12.5. The molecular weight excluding hydrogens is 362 g/mol. The van der Waals surface area contributed by atoms with Crippen molar-refractivity contribution < 1.29 is 4.74 Å². The van der Waals surface area contributed by atoms with Crippen LogP contribution in [0.2, 0.25) is 0 Å². The zero-order chi connectivity index (χ0) is 19.6. The van der Waals surface area contributed by atoms with Gasteiger partial charge in [-0.1, -0.05) is 24.3 Å². The van der Waals surface area contributed by atoms with E-state index >= 15 is 0 Å². The standard InChI is InChI=1S/C24H31N3O2/c28-24-15-20-6-2-4-8-22(20)25-27(24)16-18-9-12-26(13-10-18)17-23-21-7-3-1-5-19(21)11-14-29-23/h1,3,5,7,15,18,23H,2,4,6,8-14,16-17H2. The van der Waals surface area contributed by atoms with Crippen molar-refractivity contribution in [3.05, 3.63) is 63.1 Å². The van der Waals surface area contributed by atoms with Gasteiger partial charge in [-0.15, -0.1) is 0 Å². The Labute approximate surface area is 172 Å². The third-order valence-electron chi connectivity index (χ3n) is 6.93. The van der Waals surface area contributed by atoms with E-state index < -0.39 is 0 Å². The molecule has 3 aliphatic rings. The molecule has 0 radical (unpaired) electrons. The highest BCUT2D eigenvalue weighted by atomic mass is 16.5. The lowest BCUT2D eigenvalue weighted by Crippen LogP contribution is -2.40. The molecule has 0 N–H and O–H groups in total. The Morgan fingerprint density at radius 2 is 1.83 bits per heavy atom. The molecule has 1 fully saturated rings. The number of rotatable bonds is 4. The Kier molecular flexibility index (Phi) is 5.51. The minimum absolute atomic E-state index is 0.0836. The molecule has 0 bridgehead atoms. The number of ether oxygens (including phenoxy) is 1. The molecule has 1 atom stereocenters. The van der Waals surface area contributed by atoms with Crippen LogP contribution in [-0.4, -0.2) is 40.9 Å². The van der Waals surface area contributed by atoms with Crippen LogP contribution < -0.4 is 5.56 Å². The average Bonchev–Trinajstić information content (AvgIpc) is 2.76. The molecule has 5 heteroatoms. The summed E-state index contributed by atoms with van der Waals surface area (Å²) < 4.78 is 7.84. The highest BCUT2D eigenvalue weighted by Gasteiger charge is 2.26. The SMILES string of the molecule is O=c1cc2c(nn1CC1CCN(CC3OCCc4ccccc43)CC1)CCCC2. The van der Waals surface area contributed by atoms with Gasteiger partial charge in [-0.2, -0.15) is 5.10 Å². The summed E-state index contributed by atoms with van der Waals surface area (Å²) in [5.74, 6) is 0.539. The topological polar surface area (TPSA) is 47.4 Å². The predicted molar refractivity (Wildman–Crippen MR) is 113 cm³/mol. The third kappa shape index (κ3) is 4.17. The molecule has 0 amide bonds. The van der Waals surface area contributed by atoms with E-state index in [0.717, 1.165) is 70.6 Å². The molecular formula is C24H31N3O2. The second kappa shape index (κ2) is 8.41. The van der Waals surface area contributed by atoms with E-state index in [1.54, 1.807) is 4.68 Å². The lowest BCUT2D eigenvalue weighted by Gasteiger charge is -2.36. The summed E-state index contributed by atoms with van der Waals surface area (Å²) in [7, 11) is 0. The molecule has 1 aliphatic carbocycles. The van der Waals surface area contributed by atoms with Crippen LogP contribution in [0, 0.1) is 5.92 Å². The summed E-state index contributed by atoms with van der Waals surface area (Å²) in [6.45, 7) is 4.72. The second-order valence-corrected chi connectivity index (χ2v) is 8.90. The van der Waals surface area contributed by atoms with Gasteiger partial charge in [0, 0.05) is 19.2 Å². The average molecular weight is 394 g/mol. The Hall–Kier alpha value is -1.98. The quantitative estimate of drug-likeness (QED) is 0.801. The van der Waals surface area contributed by atoms with E-state index in [1.165, 1.54) is 29.5 Å². The fourth-order valence-corrected chi connectivity index (χ4v) is 5.19. The first-order chi connectivity index (χ1) is 14.3. The molecule has 1 unspecified atom stereocenters. The smallest absolute Gasteiger partial charge is 0.267 e. The van der Waals surface area contributed by atoms with Gasteiger partial charge in [0.15, 0.2) is 0 Å². The lowest BCUT2D eigenvalue weighted by molar-refractivity contribution is 0.00781. The van der Waals surface area contributed by atoms with Gasteiger partial charge in [-0.25, -0.2) is 4.68 Å². The summed E-state index contributed by atoms with van der Waals surface area (Å²) in [5, 5.41) is 4.72. The van der Waals surface area contributed by atoms with Gasteiger partial charge in [0.2, 0.25) is 0 Å². The Morgan fingerprint density at radius 1 is 1.00 bits per heavy atom. The van der Waals surface area contributed by atoms with Crippen molar-refractivity contribution in [1.82, 2.24) is 14.7 Å². The molecule has 5 rings (SSSR count). The first kappa shape index (κ1) is 19.0. The van der Waals surface area contributed by atoms with Crippen molar-refractivity contribution in [2.75, 3.05) is 26.2 Å². The molecule has 5 nitrogen and oxygen atoms in total. The van der Waals surface area contributed by atoms with Crippen molar-refractivity contribution in [2.24, 2.45) is 5.92 Å². The highest BCUT2D eigenvalue weighted by molar-refractivity contribution is 5.31. The van der Waals surface area contributed by atoms with Crippen molar-refractivity contribution in [1.29, 1.82) is 0 Å². The van der Waals surface area contributed by atoms with Crippen LogP contribution in [0.1, 0.15) is 54.2 Å². The number of aryl methyl sites for hydroxylation is 2. The van der Waals surface area contributed by atoms with Gasteiger partial charge in [0.1, 0.15) is 0 Å². The monoisotopic (exact) mass is 393 g/mol. The summed E-state index contributed by atoms with van der Waals surface area (Å²) in [4.78, 5) is 15.0. The third-order valence-corrected chi connectivity index (χ3v) is 6.93. The summed E-state index contributed by atoms with van der Waals surface area (Å²) >= 11 is 0. The van der Waals surface area contributed by atoms with E-state index in [9.17, 15) is 4.79 Å². The molecule has 29 heavy (non-hydrogen) atoms.